The SMILES string of the molecule is CSc1ccc(-c2cnc3[nH]ccc3n2)cc1N1CCCC1. The molecule has 3 aromatic rings. The third kappa shape index (κ3) is 2.35. The average molecular weight is 310 g/mol. The molecule has 4 nitrogen and oxygen atoms in total. The first kappa shape index (κ1) is 13.6. The lowest BCUT2D eigenvalue weighted by Crippen LogP contribution is -2.18. The Labute approximate surface area is 134 Å². The summed E-state index contributed by atoms with van der Waals surface area (Å²) in [5, 5.41) is 0. The molecule has 1 aliphatic heterocycles. The van der Waals surface area contributed by atoms with Gasteiger partial charge in [-0.15, -0.1) is 11.8 Å². The van der Waals surface area contributed by atoms with Gasteiger partial charge in [0, 0.05) is 29.7 Å². The molecule has 1 fully saturated rings. The van der Waals surface area contributed by atoms with Crippen molar-refractivity contribution in [3.8, 4) is 11.3 Å². The van der Waals surface area contributed by atoms with Gasteiger partial charge in [0.2, 0.25) is 0 Å². The zero-order valence-electron chi connectivity index (χ0n) is 12.5. The minimum atomic E-state index is 0.837. The van der Waals surface area contributed by atoms with Crippen LogP contribution in [-0.4, -0.2) is 34.3 Å². The fraction of sp³-hybridized carbons (Fsp3) is 0.294. The first-order chi connectivity index (χ1) is 10.8. The number of hydrogen-bond donors (Lipinski definition) is 1. The highest BCUT2D eigenvalue weighted by Gasteiger charge is 2.17. The van der Waals surface area contributed by atoms with Crippen LogP contribution < -0.4 is 4.90 Å². The Morgan fingerprint density at radius 2 is 2.05 bits per heavy atom. The van der Waals surface area contributed by atoms with Gasteiger partial charge in [-0.1, -0.05) is 6.07 Å². The van der Waals surface area contributed by atoms with Crippen LogP contribution in [0.5, 0.6) is 0 Å². The summed E-state index contributed by atoms with van der Waals surface area (Å²) in [5.41, 5.74) is 5.15. The quantitative estimate of drug-likeness (QED) is 0.744. The van der Waals surface area contributed by atoms with Crippen LogP contribution >= 0.6 is 11.8 Å². The summed E-state index contributed by atoms with van der Waals surface area (Å²) in [6.45, 7) is 2.30. The molecule has 0 bridgehead atoms. The van der Waals surface area contributed by atoms with Gasteiger partial charge in [-0.05, 0) is 37.3 Å². The predicted molar refractivity (Wildman–Crippen MR) is 92.6 cm³/mol. The van der Waals surface area contributed by atoms with Gasteiger partial charge >= 0.3 is 0 Å². The van der Waals surface area contributed by atoms with Crippen LogP contribution in [0.1, 0.15) is 12.8 Å². The molecule has 0 amide bonds. The standard InChI is InChI=1S/C17H18N4S/c1-22-16-5-4-12(10-15(16)21-8-2-3-9-21)14-11-19-17-13(20-14)6-7-18-17/h4-7,10-11H,2-3,8-9H2,1H3,(H,18,19). The minimum Gasteiger partial charge on any atom is -0.371 e. The Balaban J connectivity index is 1.79. The van der Waals surface area contributed by atoms with Gasteiger partial charge in [-0.3, -0.25) is 0 Å². The normalized spacial score (nSPS) is 14.9. The average Bonchev–Trinajstić information content (AvgIpc) is 3.24. The predicted octanol–water partition coefficient (Wildman–Crippen LogP) is 3.95. The van der Waals surface area contributed by atoms with Crippen molar-refractivity contribution in [1.29, 1.82) is 0 Å². The maximum Gasteiger partial charge on any atom is 0.156 e. The molecule has 112 valence electrons. The molecular weight excluding hydrogens is 292 g/mol. The van der Waals surface area contributed by atoms with Gasteiger partial charge in [-0.25, -0.2) is 9.97 Å². The second-order valence-electron chi connectivity index (χ2n) is 5.55. The molecule has 1 saturated heterocycles. The number of nitrogens with zero attached hydrogens (tertiary/aromatic N) is 3. The van der Waals surface area contributed by atoms with Crippen LogP contribution in [0.25, 0.3) is 22.4 Å². The maximum absolute atomic E-state index is 4.71. The van der Waals surface area contributed by atoms with Crippen molar-refractivity contribution in [1.82, 2.24) is 15.0 Å². The number of fused-ring (bicyclic) bond motifs is 1. The molecule has 1 aliphatic rings. The number of anilines is 1. The van der Waals surface area contributed by atoms with Crippen molar-refractivity contribution in [3.63, 3.8) is 0 Å². The molecule has 2 aromatic heterocycles. The summed E-state index contributed by atoms with van der Waals surface area (Å²) < 4.78 is 0. The van der Waals surface area contributed by atoms with Crippen molar-refractivity contribution in [2.75, 3.05) is 24.2 Å². The second kappa shape index (κ2) is 5.65. The first-order valence-corrected chi connectivity index (χ1v) is 8.81. The van der Waals surface area contributed by atoms with Crippen LogP contribution in [0, 0.1) is 0 Å². The number of aromatic amines is 1. The van der Waals surface area contributed by atoms with E-state index in [1.54, 1.807) is 0 Å². The van der Waals surface area contributed by atoms with Gasteiger partial charge < -0.3 is 9.88 Å². The number of rotatable bonds is 3. The summed E-state index contributed by atoms with van der Waals surface area (Å²) in [5.74, 6) is 0. The van der Waals surface area contributed by atoms with E-state index in [1.807, 2.05) is 30.2 Å². The Morgan fingerprint density at radius 3 is 2.86 bits per heavy atom. The molecule has 3 heterocycles. The molecule has 0 spiro atoms. The third-order valence-corrected chi connectivity index (χ3v) is 4.97. The summed E-state index contributed by atoms with van der Waals surface area (Å²) in [6, 6.07) is 8.58. The van der Waals surface area contributed by atoms with Crippen molar-refractivity contribution in [2.45, 2.75) is 17.7 Å². The number of aromatic nitrogens is 3. The fourth-order valence-electron chi connectivity index (χ4n) is 3.02. The van der Waals surface area contributed by atoms with E-state index in [0.29, 0.717) is 0 Å². The molecule has 4 rings (SSSR count). The van der Waals surface area contributed by atoms with Crippen LogP contribution in [0.2, 0.25) is 0 Å². The van der Waals surface area contributed by atoms with Crippen molar-refractivity contribution < 1.29 is 0 Å². The van der Waals surface area contributed by atoms with Crippen molar-refractivity contribution in [2.24, 2.45) is 0 Å². The largest absolute Gasteiger partial charge is 0.371 e. The van der Waals surface area contributed by atoms with Gasteiger partial charge in [0.05, 0.1) is 17.6 Å². The molecule has 1 aromatic carbocycles. The zero-order valence-corrected chi connectivity index (χ0v) is 13.4. The summed E-state index contributed by atoms with van der Waals surface area (Å²) in [4.78, 5) is 16.1. The van der Waals surface area contributed by atoms with E-state index in [0.717, 1.165) is 35.5 Å². The molecule has 0 atom stereocenters. The van der Waals surface area contributed by atoms with E-state index in [1.165, 1.54) is 23.4 Å². The minimum absolute atomic E-state index is 0.837. The molecule has 0 aliphatic carbocycles. The number of H-pyrrole nitrogens is 1. The van der Waals surface area contributed by atoms with E-state index < -0.39 is 0 Å². The zero-order chi connectivity index (χ0) is 14.9. The highest BCUT2D eigenvalue weighted by Crippen LogP contribution is 2.34. The van der Waals surface area contributed by atoms with Gasteiger partial charge in [0.1, 0.15) is 5.52 Å². The van der Waals surface area contributed by atoms with E-state index in [2.05, 4.69) is 39.3 Å². The molecule has 0 unspecified atom stereocenters. The first-order valence-electron chi connectivity index (χ1n) is 7.58. The fourth-order valence-corrected chi connectivity index (χ4v) is 3.63. The van der Waals surface area contributed by atoms with Crippen LogP contribution in [0.3, 0.4) is 0 Å². The highest BCUT2D eigenvalue weighted by atomic mass is 32.2. The third-order valence-electron chi connectivity index (χ3n) is 4.18. The lowest BCUT2D eigenvalue weighted by atomic mass is 10.1. The number of benzene rings is 1. The van der Waals surface area contributed by atoms with E-state index >= 15 is 0 Å². The molecule has 1 N–H and O–H groups in total. The van der Waals surface area contributed by atoms with Crippen LogP contribution in [0.4, 0.5) is 5.69 Å². The van der Waals surface area contributed by atoms with E-state index in [-0.39, 0.29) is 0 Å². The lowest BCUT2D eigenvalue weighted by molar-refractivity contribution is 0.949. The number of hydrogen-bond acceptors (Lipinski definition) is 4. The molecule has 0 radical (unpaired) electrons. The van der Waals surface area contributed by atoms with E-state index in [9.17, 15) is 0 Å². The Hall–Kier alpha value is -2.01. The van der Waals surface area contributed by atoms with Crippen LogP contribution in [0.15, 0.2) is 41.6 Å². The number of nitrogens with one attached hydrogen (secondary N) is 1. The highest BCUT2D eigenvalue weighted by molar-refractivity contribution is 7.98. The maximum atomic E-state index is 4.71. The molecular formula is C17H18N4S. The molecule has 5 heteroatoms. The van der Waals surface area contributed by atoms with Gasteiger partial charge in [0.15, 0.2) is 5.65 Å². The van der Waals surface area contributed by atoms with Crippen LogP contribution in [-0.2, 0) is 0 Å². The Bertz CT molecular complexity index is 805. The van der Waals surface area contributed by atoms with Gasteiger partial charge in [-0.2, -0.15) is 0 Å². The molecule has 0 saturated carbocycles. The van der Waals surface area contributed by atoms with Crippen molar-refractivity contribution >= 4 is 28.6 Å². The number of thioether (sulfide) groups is 1. The molecule has 22 heavy (non-hydrogen) atoms. The Kier molecular flexibility index (Phi) is 3.50. The Morgan fingerprint density at radius 1 is 1.18 bits per heavy atom. The summed E-state index contributed by atoms with van der Waals surface area (Å²) in [7, 11) is 0. The summed E-state index contributed by atoms with van der Waals surface area (Å²) in [6.07, 6.45) is 8.43. The lowest BCUT2D eigenvalue weighted by Gasteiger charge is -2.21. The monoisotopic (exact) mass is 310 g/mol. The van der Waals surface area contributed by atoms with Crippen molar-refractivity contribution in [3.05, 3.63) is 36.7 Å². The summed E-state index contributed by atoms with van der Waals surface area (Å²) >= 11 is 1.81. The topological polar surface area (TPSA) is 44.8 Å². The smallest absolute Gasteiger partial charge is 0.156 e. The van der Waals surface area contributed by atoms with E-state index in [4.69, 9.17) is 4.98 Å². The second-order valence-corrected chi connectivity index (χ2v) is 6.40. The van der Waals surface area contributed by atoms with Gasteiger partial charge in [0.25, 0.3) is 0 Å².